The first-order valence-corrected chi connectivity index (χ1v) is 4.91. The van der Waals surface area contributed by atoms with Gasteiger partial charge in [0.1, 0.15) is 5.03 Å². The first kappa shape index (κ1) is 8.06. The molecule has 1 aromatic heterocycles. The van der Waals surface area contributed by atoms with E-state index in [-0.39, 0.29) is 0 Å². The largest absolute Gasteiger partial charge is 0.297 e. The molecule has 1 rings (SSSR count). The number of aromatic nitrogens is 2. The van der Waals surface area contributed by atoms with Crippen molar-refractivity contribution in [3.8, 4) is 0 Å². The third-order valence-electron chi connectivity index (χ3n) is 0.924. The van der Waals surface area contributed by atoms with E-state index in [1.54, 1.807) is 18.0 Å². The van der Waals surface area contributed by atoms with Gasteiger partial charge in [0, 0.05) is 6.20 Å². The molecule has 54 valence electrons. The molecule has 5 heteroatoms. The summed E-state index contributed by atoms with van der Waals surface area (Å²) < 4.78 is 2.84. The highest BCUT2D eigenvalue weighted by Gasteiger charge is 1.93. The quantitative estimate of drug-likeness (QED) is 0.385. The lowest BCUT2D eigenvalue weighted by atomic mass is 10.7. The van der Waals surface area contributed by atoms with Crippen LogP contribution in [-0.4, -0.2) is 16.2 Å². The smallest absolute Gasteiger partial charge is 0.232 e. The van der Waals surface area contributed by atoms with Crippen molar-refractivity contribution in [1.82, 2.24) is 9.97 Å². The summed E-state index contributed by atoms with van der Waals surface area (Å²) in [5, 5.41) is 0.981. The predicted octanol–water partition coefficient (Wildman–Crippen LogP) is 1.96. The maximum atomic E-state index is 4.14. The van der Waals surface area contributed by atoms with E-state index in [1.165, 1.54) is 0 Å². The van der Waals surface area contributed by atoms with Gasteiger partial charge in [0.25, 0.3) is 0 Å². The zero-order valence-corrected chi connectivity index (χ0v) is 8.31. The molecule has 0 amide bonds. The molecule has 1 aromatic rings. The van der Waals surface area contributed by atoms with Crippen molar-refractivity contribution in [3.63, 3.8) is 0 Å². The van der Waals surface area contributed by atoms with Gasteiger partial charge in [-0.15, -0.1) is 11.8 Å². The van der Waals surface area contributed by atoms with E-state index < -0.39 is 0 Å². The Morgan fingerprint density at radius 3 is 3.10 bits per heavy atom. The van der Waals surface area contributed by atoms with Crippen molar-refractivity contribution in [2.24, 2.45) is 0 Å². The van der Waals surface area contributed by atoms with Crippen LogP contribution in [0.4, 0.5) is 5.95 Å². The van der Waals surface area contributed by atoms with Crippen LogP contribution in [0.1, 0.15) is 0 Å². The summed E-state index contributed by atoms with van der Waals surface area (Å²) in [5.74, 6) is 0.660. The van der Waals surface area contributed by atoms with Gasteiger partial charge in [-0.05, 0) is 12.3 Å². The molecule has 0 saturated carbocycles. The summed E-state index contributed by atoms with van der Waals surface area (Å²) in [6.45, 7) is 0. The van der Waals surface area contributed by atoms with E-state index in [9.17, 15) is 0 Å². The zero-order chi connectivity index (χ0) is 7.40. The van der Waals surface area contributed by atoms with Gasteiger partial charge in [-0.2, -0.15) is 0 Å². The van der Waals surface area contributed by atoms with Crippen LogP contribution < -0.4 is 3.53 Å². The highest BCUT2D eigenvalue weighted by Crippen LogP contribution is 2.11. The van der Waals surface area contributed by atoms with Gasteiger partial charge in [-0.25, -0.2) is 9.97 Å². The fourth-order valence-electron chi connectivity index (χ4n) is 0.501. The van der Waals surface area contributed by atoms with E-state index in [0.717, 1.165) is 5.03 Å². The molecule has 1 heterocycles. The first-order chi connectivity index (χ1) is 4.86. The Bertz CT molecular complexity index is 199. The number of nitrogens with one attached hydrogen (secondary N) is 1. The standard InChI is InChI=1S/C5H6IN3S/c1-10-4-2-3-7-5(8-4)9-6/h2-3H,1H3,(H,7,8,9). The average molecular weight is 267 g/mol. The van der Waals surface area contributed by atoms with Crippen molar-refractivity contribution in [3.05, 3.63) is 12.3 Å². The van der Waals surface area contributed by atoms with E-state index in [1.807, 2.05) is 35.2 Å². The fraction of sp³-hybridized carbons (Fsp3) is 0.200. The van der Waals surface area contributed by atoms with Crippen LogP contribution in [0.5, 0.6) is 0 Å². The lowest BCUT2D eigenvalue weighted by Crippen LogP contribution is -1.89. The molecule has 10 heavy (non-hydrogen) atoms. The van der Waals surface area contributed by atoms with Gasteiger partial charge < -0.3 is 0 Å². The summed E-state index contributed by atoms with van der Waals surface area (Å²) in [6, 6.07) is 1.88. The van der Waals surface area contributed by atoms with Crippen molar-refractivity contribution >= 4 is 40.6 Å². The molecule has 0 spiro atoms. The number of hydrogen-bond acceptors (Lipinski definition) is 4. The third-order valence-corrected chi connectivity index (χ3v) is 2.05. The average Bonchev–Trinajstić information content (AvgIpc) is 2.05. The summed E-state index contributed by atoms with van der Waals surface area (Å²) in [7, 11) is 0. The van der Waals surface area contributed by atoms with E-state index in [0.29, 0.717) is 5.95 Å². The Morgan fingerprint density at radius 2 is 2.50 bits per heavy atom. The minimum atomic E-state index is 0.660. The molecule has 0 atom stereocenters. The van der Waals surface area contributed by atoms with Gasteiger partial charge in [0.2, 0.25) is 5.95 Å². The van der Waals surface area contributed by atoms with E-state index >= 15 is 0 Å². The second-order valence-electron chi connectivity index (χ2n) is 1.52. The zero-order valence-electron chi connectivity index (χ0n) is 5.34. The Kier molecular flexibility index (Phi) is 3.20. The third kappa shape index (κ3) is 1.98. The molecule has 3 nitrogen and oxygen atoms in total. The topological polar surface area (TPSA) is 37.8 Å². The molecule has 0 aromatic carbocycles. The number of nitrogens with zero attached hydrogens (tertiary/aromatic N) is 2. The second-order valence-corrected chi connectivity index (χ2v) is 2.88. The van der Waals surface area contributed by atoms with Crippen LogP contribution in [0.15, 0.2) is 17.3 Å². The van der Waals surface area contributed by atoms with Crippen LogP contribution in [0.25, 0.3) is 0 Å². The lowest BCUT2D eigenvalue weighted by Gasteiger charge is -1.96. The van der Waals surface area contributed by atoms with Gasteiger partial charge in [-0.3, -0.25) is 3.53 Å². The Labute approximate surface area is 77.5 Å². The maximum absolute atomic E-state index is 4.14. The first-order valence-electron chi connectivity index (χ1n) is 2.60. The minimum Gasteiger partial charge on any atom is -0.297 e. The summed E-state index contributed by atoms with van der Waals surface area (Å²) in [4.78, 5) is 8.11. The van der Waals surface area contributed by atoms with Crippen LogP contribution in [0.3, 0.4) is 0 Å². The van der Waals surface area contributed by atoms with Gasteiger partial charge >= 0.3 is 0 Å². The number of halogens is 1. The number of anilines is 1. The molecule has 0 radical (unpaired) electrons. The maximum Gasteiger partial charge on any atom is 0.232 e. The number of hydrogen-bond donors (Lipinski definition) is 1. The predicted molar refractivity (Wildman–Crippen MR) is 51.5 cm³/mol. The molecule has 0 unspecified atom stereocenters. The second kappa shape index (κ2) is 3.97. The fourth-order valence-corrected chi connectivity index (χ4v) is 1.14. The van der Waals surface area contributed by atoms with E-state index in [4.69, 9.17) is 0 Å². The summed E-state index contributed by atoms with van der Waals surface area (Å²) in [5.41, 5.74) is 0. The van der Waals surface area contributed by atoms with E-state index in [2.05, 4.69) is 13.5 Å². The highest BCUT2D eigenvalue weighted by atomic mass is 127. The van der Waals surface area contributed by atoms with Crippen molar-refractivity contribution in [2.45, 2.75) is 5.03 Å². The molecule has 0 aliphatic heterocycles. The van der Waals surface area contributed by atoms with Crippen LogP contribution in [0, 0.1) is 0 Å². The number of thioether (sulfide) groups is 1. The summed E-state index contributed by atoms with van der Waals surface area (Å²) in [6.07, 6.45) is 3.72. The molecular weight excluding hydrogens is 261 g/mol. The summed E-state index contributed by atoms with van der Waals surface area (Å²) >= 11 is 3.61. The molecular formula is C5H6IN3S. The molecule has 1 N–H and O–H groups in total. The Hall–Kier alpha value is -0.0400. The minimum absolute atomic E-state index is 0.660. The van der Waals surface area contributed by atoms with Crippen molar-refractivity contribution < 1.29 is 0 Å². The lowest BCUT2D eigenvalue weighted by molar-refractivity contribution is 1.07. The highest BCUT2D eigenvalue weighted by molar-refractivity contribution is 14.1. The Balaban J connectivity index is 2.87. The van der Waals surface area contributed by atoms with Gasteiger partial charge in [0.05, 0.1) is 22.9 Å². The molecule has 0 saturated heterocycles. The monoisotopic (exact) mass is 267 g/mol. The van der Waals surface area contributed by atoms with Crippen molar-refractivity contribution in [1.29, 1.82) is 0 Å². The molecule has 0 bridgehead atoms. The van der Waals surface area contributed by atoms with Crippen molar-refractivity contribution in [2.75, 3.05) is 9.79 Å². The number of rotatable bonds is 2. The van der Waals surface area contributed by atoms with Crippen LogP contribution in [0.2, 0.25) is 0 Å². The SMILES string of the molecule is CSc1ccnc(NI)n1. The van der Waals surface area contributed by atoms with Crippen LogP contribution in [-0.2, 0) is 0 Å². The van der Waals surface area contributed by atoms with Gasteiger partial charge in [0.15, 0.2) is 0 Å². The molecule has 0 aliphatic carbocycles. The molecule has 0 aliphatic rings. The van der Waals surface area contributed by atoms with Crippen LogP contribution >= 0.6 is 34.6 Å². The Morgan fingerprint density at radius 1 is 1.70 bits per heavy atom. The normalized spacial score (nSPS) is 9.40. The van der Waals surface area contributed by atoms with Gasteiger partial charge in [-0.1, -0.05) is 0 Å². The molecule has 0 fully saturated rings.